The lowest BCUT2D eigenvalue weighted by atomic mass is 10.1. The normalized spacial score (nSPS) is 11.1. The monoisotopic (exact) mass is 504 g/mol. The second-order valence-electron chi connectivity index (χ2n) is 8.06. The van der Waals surface area contributed by atoms with Crippen LogP contribution in [0.4, 0.5) is 14.9 Å². The number of benzene rings is 2. The minimum atomic E-state index is -1.01. The zero-order valence-electron chi connectivity index (χ0n) is 20.1. The molecule has 0 aliphatic heterocycles. The first-order valence-corrected chi connectivity index (χ1v) is 11.3. The van der Waals surface area contributed by atoms with Crippen molar-refractivity contribution in [2.75, 3.05) is 19.0 Å². The molecular formula is C27H25FN4O5. The van der Waals surface area contributed by atoms with E-state index in [1.807, 2.05) is 0 Å². The molecule has 0 fully saturated rings. The molecule has 0 saturated heterocycles. The Morgan fingerprint density at radius 1 is 1.03 bits per heavy atom. The molecule has 3 aromatic rings. The number of likely N-dealkylation sites (N-methyl/N-ethyl adjacent to an activating group) is 1. The molecule has 1 N–H and O–H groups in total. The zero-order chi connectivity index (χ0) is 26.6. The van der Waals surface area contributed by atoms with Crippen LogP contribution >= 0.6 is 0 Å². The molecule has 10 heteroatoms. The number of hydrogen-bond donors (Lipinski definition) is 1. The first-order chi connectivity index (χ1) is 17.9. The van der Waals surface area contributed by atoms with Crippen molar-refractivity contribution in [3.05, 3.63) is 95.6 Å². The van der Waals surface area contributed by atoms with Crippen molar-refractivity contribution in [3.63, 3.8) is 0 Å². The molecule has 0 unspecified atom stereocenters. The number of rotatable bonds is 10. The molecule has 0 aliphatic carbocycles. The standard InChI is InChI=1S/C27H25FN4O5/c1-32(24(26(34)36-14-12-29)15-21-3-2-13-30-17-21)27(35)37-18-20-6-10-23(11-7-20)31-25(33)16-19-4-8-22(28)9-5-19/h2-11,13,17,24H,14-16,18H2,1H3,(H,31,33)/t24-/m0/s1. The van der Waals surface area contributed by atoms with Gasteiger partial charge in [-0.05, 0) is 47.0 Å². The van der Waals surface area contributed by atoms with Gasteiger partial charge < -0.3 is 14.8 Å². The highest BCUT2D eigenvalue weighted by molar-refractivity contribution is 5.92. The van der Waals surface area contributed by atoms with Crippen LogP contribution in [0.5, 0.6) is 0 Å². The topological polar surface area (TPSA) is 122 Å². The summed E-state index contributed by atoms with van der Waals surface area (Å²) in [6, 6.07) is 16.6. The van der Waals surface area contributed by atoms with E-state index in [4.69, 9.17) is 14.7 Å². The van der Waals surface area contributed by atoms with E-state index in [9.17, 15) is 18.8 Å². The van der Waals surface area contributed by atoms with E-state index in [0.29, 0.717) is 22.4 Å². The second kappa shape index (κ2) is 13.3. The third-order valence-corrected chi connectivity index (χ3v) is 5.34. The number of amides is 2. The van der Waals surface area contributed by atoms with E-state index in [-0.39, 0.29) is 31.2 Å². The zero-order valence-corrected chi connectivity index (χ0v) is 20.1. The molecule has 1 aromatic heterocycles. The number of pyridine rings is 1. The van der Waals surface area contributed by atoms with Crippen molar-refractivity contribution in [1.82, 2.24) is 9.88 Å². The molecule has 0 spiro atoms. The molecule has 0 saturated carbocycles. The fraction of sp³-hybridized carbons (Fsp3) is 0.222. The number of nitrogens with zero attached hydrogens (tertiary/aromatic N) is 3. The Morgan fingerprint density at radius 3 is 2.38 bits per heavy atom. The molecule has 1 heterocycles. The van der Waals surface area contributed by atoms with E-state index in [1.165, 1.54) is 19.2 Å². The first-order valence-electron chi connectivity index (χ1n) is 11.3. The first kappa shape index (κ1) is 26.8. The van der Waals surface area contributed by atoms with Crippen LogP contribution in [0.15, 0.2) is 73.1 Å². The third-order valence-electron chi connectivity index (χ3n) is 5.34. The van der Waals surface area contributed by atoms with Crippen LogP contribution in [0.25, 0.3) is 0 Å². The third kappa shape index (κ3) is 8.43. The summed E-state index contributed by atoms with van der Waals surface area (Å²) in [7, 11) is 1.41. The van der Waals surface area contributed by atoms with Gasteiger partial charge in [-0.3, -0.25) is 14.7 Å². The van der Waals surface area contributed by atoms with Gasteiger partial charge >= 0.3 is 12.1 Å². The number of ether oxygens (including phenoxy) is 2. The minimum Gasteiger partial charge on any atom is -0.449 e. The van der Waals surface area contributed by atoms with Gasteiger partial charge in [0.2, 0.25) is 5.91 Å². The van der Waals surface area contributed by atoms with Gasteiger partial charge in [-0.2, -0.15) is 5.26 Å². The Morgan fingerprint density at radius 2 is 1.73 bits per heavy atom. The molecule has 0 aliphatic rings. The van der Waals surface area contributed by atoms with Crippen LogP contribution < -0.4 is 5.32 Å². The number of nitriles is 1. The molecule has 37 heavy (non-hydrogen) atoms. The number of nitrogens with one attached hydrogen (secondary N) is 1. The minimum absolute atomic E-state index is 0.0696. The second-order valence-corrected chi connectivity index (χ2v) is 8.06. The van der Waals surface area contributed by atoms with E-state index in [2.05, 4.69) is 10.3 Å². The molecule has 3 rings (SSSR count). The highest BCUT2D eigenvalue weighted by Crippen LogP contribution is 2.14. The van der Waals surface area contributed by atoms with Crippen LogP contribution in [0.2, 0.25) is 0 Å². The Bertz CT molecular complexity index is 1240. The van der Waals surface area contributed by atoms with Crippen LogP contribution in [0.3, 0.4) is 0 Å². The summed E-state index contributed by atoms with van der Waals surface area (Å²) in [5.74, 6) is -1.35. The molecule has 0 bridgehead atoms. The number of anilines is 1. The fourth-order valence-electron chi connectivity index (χ4n) is 3.37. The molecule has 1 atom stereocenters. The average Bonchev–Trinajstić information content (AvgIpc) is 2.91. The van der Waals surface area contributed by atoms with E-state index in [1.54, 1.807) is 67.0 Å². The number of esters is 1. The van der Waals surface area contributed by atoms with Crippen molar-refractivity contribution < 1.29 is 28.2 Å². The molecule has 0 radical (unpaired) electrons. The number of aromatic nitrogens is 1. The summed E-state index contributed by atoms with van der Waals surface area (Å²) >= 11 is 0. The maximum Gasteiger partial charge on any atom is 0.410 e. The predicted molar refractivity (Wildman–Crippen MR) is 131 cm³/mol. The Balaban J connectivity index is 1.54. The van der Waals surface area contributed by atoms with Crippen molar-refractivity contribution in [1.29, 1.82) is 5.26 Å². The predicted octanol–water partition coefficient (Wildman–Crippen LogP) is 3.65. The van der Waals surface area contributed by atoms with Crippen molar-refractivity contribution in [2.24, 2.45) is 0 Å². The maximum atomic E-state index is 13.0. The summed E-state index contributed by atoms with van der Waals surface area (Å²) in [4.78, 5) is 42.5. The highest BCUT2D eigenvalue weighted by Gasteiger charge is 2.29. The van der Waals surface area contributed by atoms with Gasteiger partial charge in [0.05, 0.1) is 6.42 Å². The quantitative estimate of drug-likeness (QED) is 0.418. The van der Waals surface area contributed by atoms with E-state index < -0.39 is 24.7 Å². The SMILES string of the molecule is CN(C(=O)OCc1ccc(NC(=O)Cc2ccc(F)cc2)cc1)[C@@H](Cc1cccnc1)C(=O)OCC#N. The van der Waals surface area contributed by atoms with E-state index in [0.717, 1.165) is 4.90 Å². The summed E-state index contributed by atoms with van der Waals surface area (Å²) in [5, 5.41) is 11.5. The summed E-state index contributed by atoms with van der Waals surface area (Å²) < 4.78 is 23.3. The van der Waals surface area contributed by atoms with Crippen LogP contribution in [0.1, 0.15) is 16.7 Å². The lowest BCUT2D eigenvalue weighted by Crippen LogP contribution is -2.45. The van der Waals surface area contributed by atoms with Gasteiger partial charge in [0.1, 0.15) is 24.5 Å². The average molecular weight is 505 g/mol. The summed E-state index contributed by atoms with van der Waals surface area (Å²) in [6.45, 7) is -0.502. The Hall–Kier alpha value is -4.78. The van der Waals surface area contributed by atoms with Crippen LogP contribution in [-0.4, -0.2) is 47.6 Å². The largest absolute Gasteiger partial charge is 0.449 e. The van der Waals surface area contributed by atoms with Crippen molar-refractivity contribution in [3.8, 4) is 6.07 Å². The molecule has 190 valence electrons. The summed E-state index contributed by atoms with van der Waals surface area (Å²) in [6.07, 6.45) is 2.65. The van der Waals surface area contributed by atoms with Gasteiger partial charge in [0.15, 0.2) is 6.61 Å². The van der Waals surface area contributed by atoms with Gasteiger partial charge in [0.25, 0.3) is 0 Å². The number of halogens is 1. The molecule has 9 nitrogen and oxygen atoms in total. The molecule has 2 aromatic carbocycles. The molecule has 2 amide bonds. The number of carbonyl (C=O) groups is 3. The van der Waals surface area contributed by atoms with Crippen molar-refractivity contribution >= 4 is 23.7 Å². The smallest absolute Gasteiger partial charge is 0.410 e. The van der Waals surface area contributed by atoms with Gasteiger partial charge in [0, 0.05) is 31.5 Å². The van der Waals surface area contributed by atoms with Gasteiger partial charge in [-0.1, -0.05) is 30.3 Å². The van der Waals surface area contributed by atoms with Crippen LogP contribution in [-0.2, 0) is 38.5 Å². The Labute approximate surface area is 213 Å². The Kier molecular flexibility index (Phi) is 9.67. The highest BCUT2D eigenvalue weighted by atomic mass is 19.1. The maximum absolute atomic E-state index is 13.0. The van der Waals surface area contributed by atoms with Gasteiger partial charge in [-0.15, -0.1) is 0 Å². The van der Waals surface area contributed by atoms with E-state index >= 15 is 0 Å². The van der Waals surface area contributed by atoms with Crippen LogP contribution in [0, 0.1) is 17.1 Å². The lowest BCUT2D eigenvalue weighted by molar-refractivity contribution is -0.147. The van der Waals surface area contributed by atoms with Gasteiger partial charge in [-0.25, -0.2) is 14.0 Å². The molecular weight excluding hydrogens is 479 g/mol. The van der Waals surface area contributed by atoms with Crippen molar-refractivity contribution in [2.45, 2.75) is 25.5 Å². The fourth-order valence-corrected chi connectivity index (χ4v) is 3.37. The number of carbonyl (C=O) groups excluding carboxylic acids is 3. The summed E-state index contributed by atoms with van der Waals surface area (Å²) in [5.41, 5.74) is 2.60. The number of hydrogen-bond acceptors (Lipinski definition) is 7. The lowest BCUT2D eigenvalue weighted by Gasteiger charge is -2.25.